The van der Waals surface area contributed by atoms with Crippen molar-refractivity contribution in [3.63, 3.8) is 0 Å². The number of imidazole rings is 1. The van der Waals surface area contributed by atoms with Gasteiger partial charge in [0.25, 0.3) is 0 Å². The first-order valence-electron chi connectivity index (χ1n) is 7.62. The molecule has 0 unspecified atom stereocenters. The Balaban J connectivity index is 1.70. The van der Waals surface area contributed by atoms with Crippen LogP contribution in [0.15, 0.2) is 47.2 Å². The summed E-state index contributed by atoms with van der Waals surface area (Å²) >= 11 is 2.85. The van der Waals surface area contributed by atoms with Crippen molar-refractivity contribution in [2.75, 3.05) is 11.1 Å². The van der Waals surface area contributed by atoms with Crippen molar-refractivity contribution in [1.29, 1.82) is 0 Å². The average molecular weight is 358 g/mol. The van der Waals surface area contributed by atoms with Crippen LogP contribution in [0.5, 0.6) is 0 Å². The van der Waals surface area contributed by atoms with Gasteiger partial charge in [-0.05, 0) is 19.4 Å². The van der Waals surface area contributed by atoms with Crippen molar-refractivity contribution in [3.8, 4) is 11.3 Å². The number of amides is 1. The molecule has 0 saturated carbocycles. The number of thioether (sulfide) groups is 1. The molecule has 0 atom stereocenters. The number of carbonyl (C=O) groups is 1. The number of aromatic nitrogens is 3. The van der Waals surface area contributed by atoms with Crippen LogP contribution < -0.4 is 5.32 Å². The Morgan fingerprint density at radius 3 is 2.75 bits per heavy atom. The number of aryl methyl sites for hydroxylation is 1. The fourth-order valence-corrected chi connectivity index (χ4v) is 3.69. The molecule has 5 nitrogen and oxygen atoms in total. The van der Waals surface area contributed by atoms with Crippen LogP contribution in [-0.4, -0.2) is 26.2 Å². The van der Waals surface area contributed by atoms with E-state index in [2.05, 4.69) is 58.0 Å². The number of anilines is 1. The number of nitrogens with one attached hydrogen (secondary N) is 1. The fraction of sp³-hybridized carbons (Fsp3) is 0.235. The van der Waals surface area contributed by atoms with E-state index in [0.717, 1.165) is 23.0 Å². The molecule has 2 heterocycles. The van der Waals surface area contributed by atoms with E-state index in [0.29, 0.717) is 10.9 Å². The van der Waals surface area contributed by atoms with Crippen LogP contribution in [0.4, 0.5) is 5.13 Å². The second-order valence-electron chi connectivity index (χ2n) is 5.21. The molecule has 3 rings (SSSR count). The van der Waals surface area contributed by atoms with Gasteiger partial charge in [0.05, 0.1) is 17.6 Å². The first kappa shape index (κ1) is 16.7. The van der Waals surface area contributed by atoms with E-state index >= 15 is 0 Å². The van der Waals surface area contributed by atoms with Crippen molar-refractivity contribution in [1.82, 2.24) is 14.5 Å². The van der Waals surface area contributed by atoms with E-state index < -0.39 is 0 Å². The summed E-state index contributed by atoms with van der Waals surface area (Å²) in [4.78, 5) is 20.5. The maximum absolute atomic E-state index is 12.0. The third-order valence-electron chi connectivity index (χ3n) is 3.49. The summed E-state index contributed by atoms with van der Waals surface area (Å²) in [6.45, 7) is 4.96. The minimum atomic E-state index is -0.0718. The van der Waals surface area contributed by atoms with Gasteiger partial charge in [-0.15, -0.1) is 11.3 Å². The van der Waals surface area contributed by atoms with Crippen LogP contribution in [-0.2, 0) is 11.3 Å². The average Bonchev–Trinajstić information content (AvgIpc) is 3.22. The SMILES string of the molecule is CCn1c(-c2ccc(C)cc2)cnc1SCC(=O)Nc1nccs1. The van der Waals surface area contributed by atoms with Crippen LogP contribution in [0.2, 0.25) is 0 Å². The van der Waals surface area contributed by atoms with Crippen molar-refractivity contribution < 1.29 is 4.79 Å². The lowest BCUT2D eigenvalue weighted by atomic mass is 10.1. The van der Waals surface area contributed by atoms with Gasteiger partial charge in [-0.2, -0.15) is 0 Å². The molecule has 1 N–H and O–H groups in total. The van der Waals surface area contributed by atoms with Gasteiger partial charge < -0.3 is 9.88 Å². The molecule has 1 aromatic carbocycles. The number of carbonyl (C=O) groups excluding carboxylic acids is 1. The summed E-state index contributed by atoms with van der Waals surface area (Å²) < 4.78 is 2.13. The van der Waals surface area contributed by atoms with E-state index in [4.69, 9.17) is 0 Å². The molecule has 3 aromatic rings. The molecule has 124 valence electrons. The van der Waals surface area contributed by atoms with Gasteiger partial charge in [0.2, 0.25) is 5.91 Å². The maximum Gasteiger partial charge on any atom is 0.236 e. The number of rotatable bonds is 6. The Kier molecular flexibility index (Phi) is 5.32. The third kappa shape index (κ3) is 3.85. The Labute approximate surface area is 149 Å². The quantitative estimate of drug-likeness (QED) is 0.675. The van der Waals surface area contributed by atoms with E-state index in [1.54, 1.807) is 6.20 Å². The summed E-state index contributed by atoms with van der Waals surface area (Å²) in [6.07, 6.45) is 3.54. The highest BCUT2D eigenvalue weighted by Gasteiger charge is 2.13. The van der Waals surface area contributed by atoms with Gasteiger partial charge in [0.15, 0.2) is 10.3 Å². The van der Waals surface area contributed by atoms with E-state index in [1.165, 1.54) is 28.7 Å². The number of thiazole rings is 1. The number of benzene rings is 1. The zero-order chi connectivity index (χ0) is 16.9. The minimum absolute atomic E-state index is 0.0718. The van der Waals surface area contributed by atoms with Gasteiger partial charge in [0, 0.05) is 18.1 Å². The van der Waals surface area contributed by atoms with E-state index in [1.807, 2.05) is 11.6 Å². The molecule has 0 aliphatic heterocycles. The van der Waals surface area contributed by atoms with Gasteiger partial charge in [-0.3, -0.25) is 4.79 Å². The number of hydrogen-bond donors (Lipinski definition) is 1. The monoisotopic (exact) mass is 358 g/mol. The summed E-state index contributed by atoms with van der Waals surface area (Å²) in [7, 11) is 0. The van der Waals surface area contributed by atoms with Crippen molar-refractivity contribution >= 4 is 34.1 Å². The highest BCUT2D eigenvalue weighted by molar-refractivity contribution is 7.99. The Morgan fingerprint density at radius 1 is 1.29 bits per heavy atom. The topological polar surface area (TPSA) is 59.8 Å². The second kappa shape index (κ2) is 7.63. The van der Waals surface area contributed by atoms with Gasteiger partial charge in [-0.1, -0.05) is 41.6 Å². The molecule has 24 heavy (non-hydrogen) atoms. The molecule has 1 amide bonds. The van der Waals surface area contributed by atoms with Gasteiger partial charge in [-0.25, -0.2) is 9.97 Å². The predicted octanol–water partition coefficient (Wildman–Crippen LogP) is 4.07. The van der Waals surface area contributed by atoms with Crippen LogP contribution in [0.25, 0.3) is 11.3 Å². The molecule has 0 aliphatic carbocycles. The largest absolute Gasteiger partial charge is 0.319 e. The molecule has 0 radical (unpaired) electrons. The highest BCUT2D eigenvalue weighted by atomic mass is 32.2. The first-order valence-corrected chi connectivity index (χ1v) is 9.48. The number of nitrogens with zero attached hydrogens (tertiary/aromatic N) is 3. The molecular weight excluding hydrogens is 340 g/mol. The summed E-state index contributed by atoms with van der Waals surface area (Å²) in [5, 5.41) is 6.09. The smallest absolute Gasteiger partial charge is 0.236 e. The summed E-state index contributed by atoms with van der Waals surface area (Å²) in [6, 6.07) is 8.39. The van der Waals surface area contributed by atoms with E-state index in [9.17, 15) is 4.79 Å². The predicted molar refractivity (Wildman–Crippen MR) is 99.5 cm³/mol. The summed E-state index contributed by atoms with van der Waals surface area (Å²) in [5.74, 6) is 0.238. The van der Waals surface area contributed by atoms with Crippen molar-refractivity contribution in [2.45, 2.75) is 25.5 Å². The molecule has 2 aromatic heterocycles. The first-order chi connectivity index (χ1) is 11.7. The number of hydrogen-bond acceptors (Lipinski definition) is 5. The van der Waals surface area contributed by atoms with Crippen LogP contribution in [0.1, 0.15) is 12.5 Å². The lowest BCUT2D eigenvalue weighted by molar-refractivity contribution is -0.113. The van der Waals surface area contributed by atoms with Crippen LogP contribution in [0.3, 0.4) is 0 Å². The Morgan fingerprint density at radius 2 is 2.08 bits per heavy atom. The molecule has 7 heteroatoms. The fourth-order valence-electron chi connectivity index (χ4n) is 2.30. The molecule has 0 saturated heterocycles. The Hall–Kier alpha value is -2.12. The van der Waals surface area contributed by atoms with Gasteiger partial charge >= 0.3 is 0 Å². The molecular formula is C17H18N4OS2. The zero-order valence-corrected chi connectivity index (χ0v) is 15.2. The lowest BCUT2D eigenvalue weighted by Gasteiger charge is -2.09. The normalized spacial score (nSPS) is 10.8. The zero-order valence-electron chi connectivity index (χ0n) is 13.5. The lowest BCUT2D eigenvalue weighted by Crippen LogP contribution is -2.14. The van der Waals surface area contributed by atoms with Crippen molar-refractivity contribution in [3.05, 3.63) is 47.6 Å². The van der Waals surface area contributed by atoms with Gasteiger partial charge in [0.1, 0.15) is 0 Å². The summed E-state index contributed by atoms with van der Waals surface area (Å²) in [5.41, 5.74) is 3.43. The maximum atomic E-state index is 12.0. The second-order valence-corrected chi connectivity index (χ2v) is 7.05. The third-order valence-corrected chi connectivity index (χ3v) is 5.17. The molecule has 0 fully saturated rings. The van der Waals surface area contributed by atoms with Crippen LogP contribution in [0, 0.1) is 6.92 Å². The van der Waals surface area contributed by atoms with Crippen molar-refractivity contribution in [2.24, 2.45) is 0 Å². The molecule has 0 bridgehead atoms. The molecule has 0 aliphatic rings. The van der Waals surface area contributed by atoms with E-state index in [-0.39, 0.29) is 5.91 Å². The highest BCUT2D eigenvalue weighted by Crippen LogP contribution is 2.26. The molecule has 0 spiro atoms. The Bertz CT molecular complexity index is 810. The minimum Gasteiger partial charge on any atom is -0.319 e. The standard InChI is InChI=1S/C17H18N4OS2/c1-3-21-14(13-6-4-12(2)5-7-13)10-19-17(21)24-11-15(22)20-16-18-8-9-23-16/h4-10H,3,11H2,1-2H3,(H,18,20,22). The van der Waals surface area contributed by atoms with Crippen LogP contribution >= 0.6 is 23.1 Å².